The van der Waals surface area contributed by atoms with Gasteiger partial charge in [0.2, 0.25) is 0 Å². The van der Waals surface area contributed by atoms with Crippen LogP contribution in [0, 0.1) is 0 Å². The molecular formula is C18H14ClN2O3-. The van der Waals surface area contributed by atoms with Gasteiger partial charge in [0.25, 0.3) is 5.91 Å². The second kappa shape index (κ2) is 6.37. The van der Waals surface area contributed by atoms with Gasteiger partial charge in [-0.25, -0.2) is 0 Å². The predicted octanol–water partition coefficient (Wildman–Crippen LogP) is 2.38. The average Bonchev–Trinajstić information content (AvgIpc) is 2.87. The number of hydrogen-bond donors (Lipinski definition) is 1. The summed E-state index contributed by atoms with van der Waals surface area (Å²) in [6.45, 7) is 0. The topological polar surface area (TPSA) is 74.2 Å². The minimum Gasteiger partial charge on any atom is -0.550 e. The Labute approximate surface area is 143 Å². The largest absolute Gasteiger partial charge is 0.550 e. The van der Waals surface area contributed by atoms with Crippen molar-refractivity contribution in [1.82, 2.24) is 4.57 Å². The highest BCUT2D eigenvalue weighted by atomic mass is 35.5. The number of rotatable bonds is 4. The maximum Gasteiger partial charge on any atom is 0.257 e. The number of para-hydroxylation sites is 1. The SMILES string of the molecule is Cn1cc(C(=O)Nc2ccc(CC(=O)[O-])cc2Cl)c2ccccc21. The van der Waals surface area contributed by atoms with E-state index in [0.717, 1.165) is 10.9 Å². The molecule has 5 nitrogen and oxygen atoms in total. The molecule has 0 spiro atoms. The number of hydrogen-bond acceptors (Lipinski definition) is 3. The minimum atomic E-state index is -1.18. The molecule has 3 rings (SSSR count). The third-order valence-electron chi connectivity index (χ3n) is 3.77. The van der Waals surface area contributed by atoms with Crippen molar-refractivity contribution in [1.29, 1.82) is 0 Å². The Morgan fingerprint density at radius 3 is 2.67 bits per heavy atom. The highest BCUT2D eigenvalue weighted by molar-refractivity contribution is 6.34. The van der Waals surface area contributed by atoms with Crippen LogP contribution in [0.25, 0.3) is 10.9 Å². The van der Waals surface area contributed by atoms with Crippen LogP contribution in [0.4, 0.5) is 5.69 Å². The van der Waals surface area contributed by atoms with Gasteiger partial charge >= 0.3 is 0 Å². The summed E-state index contributed by atoms with van der Waals surface area (Å²) >= 11 is 6.13. The molecule has 0 atom stereocenters. The molecule has 1 heterocycles. The van der Waals surface area contributed by atoms with E-state index in [1.165, 1.54) is 6.07 Å². The molecule has 0 aliphatic heterocycles. The van der Waals surface area contributed by atoms with Gasteiger partial charge in [0.05, 0.1) is 16.3 Å². The molecule has 1 aromatic heterocycles. The number of carbonyl (C=O) groups excluding carboxylic acids is 2. The van der Waals surface area contributed by atoms with Crippen LogP contribution < -0.4 is 10.4 Å². The summed E-state index contributed by atoms with van der Waals surface area (Å²) in [7, 11) is 1.88. The smallest absolute Gasteiger partial charge is 0.257 e. The maximum atomic E-state index is 12.6. The zero-order valence-corrected chi connectivity index (χ0v) is 13.6. The Bertz CT molecular complexity index is 947. The number of amides is 1. The van der Waals surface area contributed by atoms with Crippen LogP contribution in [-0.4, -0.2) is 16.4 Å². The lowest BCUT2D eigenvalue weighted by Crippen LogP contribution is -2.24. The van der Waals surface area contributed by atoms with Crippen LogP contribution in [0.3, 0.4) is 0 Å². The first-order chi connectivity index (χ1) is 11.5. The van der Waals surface area contributed by atoms with Crippen molar-refractivity contribution < 1.29 is 14.7 Å². The summed E-state index contributed by atoms with van der Waals surface area (Å²) in [6, 6.07) is 12.3. The molecule has 0 unspecified atom stereocenters. The normalized spacial score (nSPS) is 10.8. The molecule has 1 amide bonds. The molecule has 6 heteroatoms. The number of carboxylic acid groups (broad SMARTS) is 1. The third kappa shape index (κ3) is 3.12. The molecule has 0 fully saturated rings. The van der Waals surface area contributed by atoms with Gasteiger partial charge in [-0.05, 0) is 23.8 Å². The summed E-state index contributed by atoms with van der Waals surface area (Å²) in [5, 5.41) is 14.5. The number of halogens is 1. The highest BCUT2D eigenvalue weighted by Crippen LogP contribution is 2.26. The number of aryl methyl sites for hydroxylation is 1. The monoisotopic (exact) mass is 341 g/mol. The second-order valence-corrected chi connectivity index (χ2v) is 5.90. The summed E-state index contributed by atoms with van der Waals surface area (Å²) in [6.07, 6.45) is 1.54. The van der Waals surface area contributed by atoms with Gasteiger partial charge in [-0.1, -0.05) is 35.9 Å². The molecule has 2 aromatic carbocycles. The number of nitrogens with zero attached hydrogens (tertiary/aromatic N) is 1. The zero-order valence-electron chi connectivity index (χ0n) is 12.9. The van der Waals surface area contributed by atoms with Crippen LogP contribution in [-0.2, 0) is 18.3 Å². The van der Waals surface area contributed by atoms with Crippen molar-refractivity contribution in [2.24, 2.45) is 7.05 Å². The van der Waals surface area contributed by atoms with Gasteiger partial charge < -0.3 is 19.8 Å². The Balaban J connectivity index is 1.88. The van der Waals surface area contributed by atoms with E-state index < -0.39 is 5.97 Å². The number of aliphatic carboxylic acids is 1. The summed E-state index contributed by atoms with van der Waals surface area (Å²) < 4.78 is 1.88. The van der Waals surface area contributed by atoms with Crippen LogP contribution in [0.15, 0.2) is 48.7 Å². The van der Waals surface area contributed by atoms with Crippen molar-refractivity contribution >= 4 is 40.1 Å². The fraction of sp³-hybridized carbons (Fsp3) is 0.111. The minimum absolute atomic E-state index is 0.225. The van der Waals surface area contributed by atoms with Crippen molar-refractivity contribution in [3.05, 3.63) is 64.8 Å². The molecule has 122 valence electrons. The van der Waals surface area contributed by atoms with E-state index >= 15 is 0 Å². The number of anilines is 1. The first kappa shape index (κ1) is 16.1. The van der Waals surface area contributed by atoms with Gasteiger partial charge in [0, 0.05) is 36.5 Å². The van der Waals surface area contributed by atoms with Crippen molar-refractivity contribution in [3.63, 3.8) is 0 Å². The quantitative estimate of drug-likeness (QED) is 0.791. The predicted molar refractivity (Wildman–Crippen MR) is 91.0 cm³/mol. The number of carboxylic acids is 1. The lowest BCUT2D eigenvalue weighted by Gasteiger charge is -2.09. The highest BCUT2D eigenvalue weighted by Gasteiger charge is 2.15. The standard InChI is InChI=1S/C18H15ClN2O3/c1-21-10-13(12-4-2-3-5-16(12)21)18(24)20-15-7-6-11(8-14(15)19)9-17(22)23/h2-8,10H,9H2,1H3,(H,20,24)(H,22,23)/p-1. The molecule has 3 aromatic rings. The molecular weight excluding hydrogens is 328 g/mol. The van der Waals surface area contributed by atoms with E-state index in [1.54, 1.807) is 18.3 Å². The molecule has 0 aliphatic rings. The lowest BCUT2D eigenvalue weighted by molar-refractivity contribution is -0.304. The molecule has 0 bridgehead atoms. The third-order valence-corrected chi connectivity index (χ3v) is 4.08. The first-order valence-corrected chi connectivity index (χ1v) is 7.67. The number of benzene rings is 2. The molecule has 0 aliphatic carbocycles. The van der Waals surface area contributed by atoms with Crippen molar-refractivity contribution in [2.75, 3.05) is 5.32 Å². The number of carbonyl (C=O) groups is 2. The average molecular weight is 342 g/mol. The zero-order chi connectivity index (χ0) is 17.3. The van der Waals surface area contributed by atoms with Gasteiger partial charge in [-0.3, -0.25) is 4.79 Å². The van der Waals surface area contributed by atoms with Gasteiger partial charge in [-0.15, -0.1) is 0 Å². The summed E-state index contributed by atoms with van der Waals surface area (Å²) in [4.78, 5) is 23.2. The van der Waals surface area contributed by atoms with E-state index in [9.17, 15) is 14.7 Å². The Morgan fingerprint density at radius 1 is 1.21 bits per heavy atom. The molecule has 0 saturated carbocycles. The number of nitrogens with one attached hydrogen (secondary N) is 1. The molecule has 24 heavy (non-hydrogen) atoms. The molecule has 0 saturated heterocycles. The van der Waals surface area contributed by atoms with Gasteiger partial charge in [0.1, 0.15) is 0 Å². The van der Waals surface area contributed by atoms with E-state index in [2.05, 4.69) is 5.32 Å². The van der Waals surface area contributed by atoms with Crippen LogP contribution in [0.1, 0.15) is 15.9 Å². The van der Waals surface area contributed by atoms with Crippen LogP contribution in [0.5, 0.6) is 0 Å². The van der Waals surface area contributed by atoms with E-state index in [0.29, 0.717) is 16.8 Å². The maximum absolute atomic E-state index is 12.6. The Kier molecular flexibility index (Phi) is 4.27. The fourth-order valence-corrected chi connectivity index (χ4v) is 2.90. The second-order valence-electron chi connectivity index (χ2n) is 5.49. The lowest BCUT2D eigenvalue weighted by atomic mass is 10.1. The van der Waals surface area contributed by atoms with E-state index in [4.69, 9.17) is 11.6 Å². The van der Waals surface area contributed by atoms with Crippen molar-refractivity contribution in [3.8, 4) is 0 Å². The summed E-state index contributed by atoms with van der Waals surface area (Å²) in [5.74, 6) is -1.46. The number of fused-ring (bicyclic) bond motifs is 1. The Morgan fingerprint density at radius 2 is 1.96 bits per heavy atom. The molecule has 0 radical (unpaired) electrons. The van der Waals surface area contributed by atoms with E-state index in [1.807, 2.05) is 35.9 Å². The van der Waals surface area contributed by atoms with Crippen LogP contribution >= 0.6 is 11.6 Å². The molecule has 1 N–H and O–H groups in total. The first-order valence-electron chi connectivity index (χ1n) is 7.29. The Hall–Kier alpha value is -2.79. The van der Waals surface area contributed by atoms with Gasteiger partial charge in [0.15, 0.2) is 0 Å². The van der Waals surface area contributed by atoms with Gasteiger partial charge in [-0.2, -0.15) is 0 Å². The summed E-state index contributed by atoms with van der Waals surface area (Å²) in [5.41, 5.74) is 2.45. The number of aromatic nitrogens is 1. The van der Waals surface area contributed by atoms with Crippen LogP contribution in [0.2, 0.25) is 5.02 Å². The van der Waals surface area contributed by atoms with Crippen molar-refractivity contribution in [2.45, 2.75) is 6.42 Å². The van der Waals surface area contributed by atoms with E-state index in [-0.39, 0.29) is 17.4 Å². The fourth-order valence-electron chi connectivity index (χ4n) is 2.65.